The summed E-state index contributed by atoms with van der Waals surface area (Å²) < 4.78 is 39.8. The van der Waals surface area contributed by atoms with Gasteiger partial charge in [-0.05, 0) is 66.6 Å². The normalized spacial score (nSPS) is 15.2. The topological polar surface area (TPSA) is 122 Å². The summed E-state index contributed by atoms with van der Waals surface area (Å²) in [5.74, 6) is -2.20. The summed E-state index contributed by atoms with van der Waals surface area (Å²) in [6, 6.07) is 13.7. The highest BCUT2D eigenvalue weighted by molar-refractivity contribution is 5.96. The number of hydrogen-bond acceptors (Lipinski definition) is 8. The van der Waals surface area contributed by atoms with Crippen LogP contribution < -0.4 is 16.2 Å². The van der Waals surface area contributed by atoms with Crippen LogP contribution in [0, 0.1) is 0 Å². The smallest absolute Gasteiger partial charge is 0.332 e. The first-order chi connectivity index (χ1) is 22.1. The summed E-state index contributed by atoms with van der Waals surface area (Å²) in [5, 5.41) is 3.35. The number of benzene rings is 2. The Labute approximate surface area is 261 Å². The Morgan fingerprint density at radius 3 is 2.46 bits per heavy atom. The number of nitrogens with one attached hydrogen (secondary N) is 2. The van der Waals surface area contributed by atoms with E-state index < -0.39 is 23.4 Å². The highest BCUT2D eigenvalue weighted by Crippen LogP contribution is 2.26. The van der Waals surface area contributed by atoms with E-state index >= 15 is 0 Å². The second kappa shape index (κ2) is 12.9. The number of carbonyl (C=O) groups excluding carboxylic acids is 2. The Morgan fingerprint density at radius 1 is 1.00 bits per heavy atom. The molecule has 14 heteroatoms. The predicted molar refractivity (Wildman–Crippen MR) is 164 cm³/mol. The molecule has 0 unspecified atom stereocenters. The highest BCUT2D eigenvalue weighted by Gasteiger charge is 2.43. The summed E-state index contributed by atoms with van der Waals surface area (Å²) >= 11 is 0. The van der Waals surface area contributed by atoms with Gasteiger partial charge in [0.1, 0.15) is 5.56 Å². The van der Waals surface area contributed by atoms with Crippen LogP contribution in [0.2, 0.25) is 0 Å². The fourth-order valence-electron chi connectivity index (χ4n) is 5.91. The van der Waals surface area contributed by atoms with Crippen LogP contribution in [0.3, 0.4) is 0 Å². The Morgan fingerprint density at radius 2 is 1.74 bits per heavy atom. The van der Waals surface area contributed by atoms with Crippen molar-refractivity contribution < 1.29 is 27.6 Å². The van der Waals surface area contributed by atoms with Crippen LogP contribution in [-0.4, -0.2) is 82.2 Å². The standard InChI is InChI=1S/C32H32F3N7O4/c1-46-39-29(44)26-19-42(24-10-7-21-3-2-4-22(21)17-24)28-25(27(26)43)18-36-31(38-28)37-23-8-5-20(6-9-23)11-12-40-13-15-41(16-14-40)30(45)32(33,34)35/h5-10,17-19H,2-4,11-16H2,1H3,(H,39,44)(H,36,37,38). The number of aryl methyl sites for hydroxylation is 2. The average Bonchev–Trinajstić information content (AvgIpc) is 3.52. The number of hydroxylamine groups is 1. The average molecular weight is 636 g/mol. The van der Waals surface area contributed by atoms with E-state index in [1.807, 2.05) is 35.2 Å². The first kappa shape index (κ1) is 31.2. The second-order valence-corrected chi connectivity index (χ2v) is 11.3. The van der Waals surface area contributed by atoms with Crippen molar-refractivity contribution in [3.63, 3.8) is 0 Å². The summed E-state index contributed by atoms with van der Waals surface area (Å²) in [4.78, 5) is 54.1. The van der Waals surface area contributed by atoms with Gasteiger partial charge in [-0.25, -0.2) is 10.5 Å². The number of carbonyl (C=O) groups is 2. The molecule has 1 aliphatic carbocycles. The fraction of sp³-hybridized carbons (Fsp3) is 0.344. The summed E-state index contributed by atoms with van der Waals surface area (Å²) in [6.45, 7) is 1.52. The second-order valence-electron chi connectivity index (χ2n) is 11.3. The van der Waals surface area contributed by atoms with Crippen LogP contribution >= 0.6 is 0 Å². The third-order valence-electron chi connectivity index (χ3n) is 8.37. The van der Waals surface area contributed by atoms with Gasteiger partial charge in [-0.2, -0.15) is 18.2 Å². The number of alkyl halides is 3. The molecular formula is C32H32F3N7O4. The lowest BCUT2D eigenvalue weighted by Crippen LogP contribution is -2.52. The Balaban J connectivity index is 1.18. The molecule has 2 aliphatic rings. The molecule has 2 N–H and O–H groups in total. The van der Waals surface area contributed by atoms with Crippen molar-refractivity contribution in [2.75, 3.05) is 45.2 Å². The summed E-state index contributed by atoms with van der Waals surface area (Å²) in [6.07, 6.45) is 1.75. The quantitative estimate of drug-likeness (QED) is 0.282. The van der Waals surface area contributed by atoms with Gasteiger partial charge in [-0.3, -0.25) is 24.1 Å². The molecule has 0 spiro atoms. The van der Waals surface area contributed by atoms with Crippen molar-refractivity contribution in [2.24, 2.45) is 0 Å². The number of anilines is 2. The minimum Gasteiger partial charge on any atom is -0.332 e. The molecule has 46 heavy (non-hydrogen) atoms. The zero-order chi connectivity index (χ0) is 32.4. The molecule has 6 rings (SSSR count). The molecule has 11 nitrogen and oxygen atoms in total. The molecular weight excluding hydrogens is 603 g/mol. The molecule has 1 saturated heterocycles. The molecule has 240 valence electrons. The van der Waals surface area contributed by atoms with Crippen molar-refractivity contribution in [2.45, 2.75) is 31.9 Å². The number of piperazine rings is 1. The summed E-state index contributed by atoms with van der Waals surface area (Å²) in [7, 11) is 1.29. The zero-order valence-electron chi connectivity index (χ0n) is 25.1. The van der Waals surface area contributed by atoms with Gasteiger partial charge in [-0.1, -0.05) is 18.2 Å². The lowest BCUT2D eigenvalue weighted by molar-refractivity contribution is -0.187. The van der Waals surface area contributed by atoms with Gasteiger partial charge in [0, 0.05) is 56.5 Å². The Hall–Kier alpha value is -4.82. The van der Waals surface area contributed by atoms with Crippen molar-refractivity contribution in [3.8, 4) is 5.69 Å². The molecule has 1 aliphatic heterocycles. The van der Waals surface area contributed by atoms with Crippen LogP contribution in [0.25, 0.3) is 16.7 Å². The lowest BCUT2D eigenvalue weighted by atomic mass is 10.1. The summed E-state index contributed by atoms with van der Waals surface area (Å²) in [5.41, 5.74) is 6.94. The minimum absolute atomic E-state index is 0.0505. The van der Waals surface area contributed by atoms with E-state index in [1.54, 1.807) is 4.57 Å². The van der Waals surface area contributed by atoms with Crippen molar-refractivity contribution in [1.29, 1.82) is 0 Å². The lowest BCUT2D eigenvalue weighted by Gasteiger charge is -2.34. The van der Waals surface area contributed by atoms with Gasteiger partial charge in [0.05, 0.1) is 12.5 Å². The van der Waals surface area contributed by atoms with Crippen LogP contribution in [0.4, 0.5) is 24.8 Å². The SMILES string of the molecule is CONC(=O)c1cn(-c2ccc3c(c2)CCC3)c2nc(Nc3ccc(CCN4CCN(C(=O)C(F)(F)F)CC4)cc3)ncc2c1=O. The number of rotatable bonds is 8. The minimum atomic E-state index is -4.84. The Bertz CT molecular complexity index is 1830. The zero-order valence-corrected chi connectivity index (χ0v) is 25.1. The molecule has 1 fully saturated rings. The molecule has 2 aromatic carbocycles. The Kier molecular flexibility index (Phi) is 8.73. The van der Waals surface area contributed by atoms with Gasteiger partial charge < -0.3 is 14.8 Å². The molecule has 3 heterocycles. The molecule has 0 radical (unpaired) electrons. The van der Waals surface area contributed by atoms with E-state index in [-0.39, 0.29) is 30.0 Å². The molecule has 0 saturated carbocycles. The maximum absolute atomic E-state index is 13.3. The largest absolute Gasteiger partial charge is 0.471 e. The number of pyridine rings is 1. The number of hydrogen-bond donors (Lipinski definition) is 2. The van der Waals surface area contributed by atoms with E-state index in [0.29, 0.717) is 37.4 Å². The van der Waals surface area contributed by atoms with Crippen LogP contribution in [-0.2, 0) is 28.9 Å². The maximum Gasteiger partial charge on any atom is 0.471 e. The van der Waals surface area contributed by atoms with Crippen LogP contribution in [0.15, 0.2) is 59.7 Å². The number of aromatic nitrogens is 3. The van der Waals surface area contributed by atoms with Gasteiger partial charge in [0.25, 0.3) is 5.91 Å². The van der Waals surface area contributed by atoms with E-state index in [1.165, 1.54) is 30.6 Å². The van der Waals surface area contributed by atoms with Gasteiger partial charge in [-0.15, -0.1) is 0 Å². The van der Waals surface area contributed by atoms with Crippen molar-refractivity contribution in [3.05, 3.63) is 87.3 Å². The van der Waals surface area contributed by atoms with E-state index in [0.717, 1.165) is 35.4 Å². The van der Waals surface area contributed by atoms with Crippen molar-refractivity contribution >= 4 is 34.5 Å². The molecule has 4 aromatic rings. The van der Waals surface area contributed by atoms with Crippen LogP contribution in [0.5, 0.6) is 0 Å². The first-order valence-corrected chi connectivity index (χ1v) is 14.9. The highest BCUT2D eigenvalue weighted by atomic mass is 19.4. The predicted octanol–water partition coefficient (Wildman–Crippen LogP) is 3.55. The molecule has 2 aromatic heterocycles. The number of halogens is 3. The maximum atomic E-state index is 13.3. The number of fused-ring (bicyclic) bond motifs is 2. The first-order valence-electron chi connectivity index (χ1n) is 14.9. The molecule has 0 bridgehead atoms. The monoisotopic (exact) mass is 635 g/mol. The third kappa shape index (κ3) is 6.58. The molecule has 2 amide bonds. The van der Waals surface area contributed by atoms with Crippen molar-refractivity contribution in [1.82, 2.24) is 29.8 Å². The van der Waals surface area contributed by atoms with E-state index in [4.69, 9.17) is 4.84 Å². The van der Waals surface area contributed by atoms with Gasteiger partial charge >= 0.3 is 12.1 Å². The fourth-order valence-corrected chi connectivity index (χ4v) is 5.91. The number of amides is 2. The molecule has 0 atom stereocenters. The number of nitrogens with zero attached hydrogens (tertiary/aromatic N) is 5. The third-order valence-corrected chi connectivity index (χ3v) is 8.37. The van der Waals surface area contributed by atoms with Crippen LogP contribution in [0.1, 0.15) is 33.5 Å². The van der Waals surface area contributed by atoms with E-state index in [2.05, 4.69) is 32.9 Å². The van der Waals surface area contributed by atoms with Gasteiger partial charge in [0.2, 0.25) is 11.4 Å². The van der Waals surface area contributed by atoms with Gasteiger partial charge in [0.15, 0.2) is 5.65 Å². The van der Waals surface area contributed by atoms with E-state index in [9.17, 15) is 27.6 Å².